The number of benzene rings is 2. The molecule has 2 amide bonds. The van der Waals surface area contributed by atoms with Crippen LogP contribution in [0.5, 0.6) is 5.75 Å². The van der Waals surface area contributed by atoms with Crippen molar-refractivity contribution in [3.05, 3.63) is 66.0 Å². The number of aromatic nitrogens is 2. The maximum Gasteiger partial charge on any atom is 0.235 e. The molecule has 252 valence electrons. The van der Waals surface area contributed by atoms with Crippen molar-refractivity contribution < 1.29 is 22.7 Å². The maximum absolute atomic E-state index is 14.4. The number of ether oxygens (including phenoxy) is 1. The van der Waals surface area contributed by atoms with Gasteiger partial charge in [0.25, 0.3) is 0 Å². The Bertz CT molecular complexity index is 1680. The van der Waals surface area contributed by atoms with Gasteiger partial charge in [0.2, 0.25) is 11.8 Å². The SMILES string of the molecule is COc1ccc(C2CCC(CN(C(=O)C3CCC(NC(=O)CS(C)(=O)=O)CC3)c3cccc(-c4cnn(C5CC5)c4)c3)CC2)cc1C. The third-order valence-corrected chi connectivity index (χ3v) is 11.1. The first-order chi connectivity index (χ1) is 22.6. The van der Waals surface area contributed by atoms with Gasteiger partial charge >= 0.3 is 0 Å². The molecule has 10 heteroatoms. The molecule has 0 aliphatic heterocycles. The van der Waals surface area contributed by atoms with Gasteiger partial charge in [0.15, 0.2) is 9.84 Å². The topological polar surface area (TPSA) is 111 Å². The molecule has 1 N–H and O–H groups in total. The third kappa shape index (κ3) is 8.44. The van der Waals surface area contributed by atoms with E-state index >= 15 is 0 Å². The first-order valence-corrected chi connectivity index (χ1v) is 19.2. The maximum atomic E-state index is 14.4. The number of anilines is 1. The van der Waals surface area contributed by atoms with Crippen molar-refractivity contribution in [1.29, 1.82) is 0 Å². The van der Waals surface area contributed by atoms with Crippen molar-refractivity contribution in [2.24, 2.45) is 11.8 Å². The Balaban J connectivity index is 1.16. The van der Waals surface area contributed by atoms with Crippen LogP contribution in [-0.2, 0) is 19.4 Å². The molecule has 0 radical (unpaired) electrons. The van der Waals surface area contributed by atoms with Crippen molar-refractivity contribution >= 4 is 27.3 Å². The lowest BCUT2D eigenvalue weighted by atomic mass is 9.78. The van der Waals surface area contributed by atoms with E-state index in [1.54, 1.807) is 7.11 Å². The van der Waals surface area contributed by atoms with Gasteiger partial charge in [-0.15, -0.1) is 0 Å². The highest BCUT2D eigenvalue weighted by molar-refractivity contribution is 7.91. The number of methoxy groups -OCH3 is 1. The largest absolute Gasteiger partial charge is 0.496 e. The molecule has 6 rings (SSSR count). The molecule has 3 aliphatic rings. The van der Waals surface area contributed by atoms with Gasteiger partial charge in [-0.05, 0) is 118 Å². The van der Waals surface area contributed by atoms with Crippen LogP contribution < -0.4 is 15.0 Å². The molecule has 0 spiro atoms. The Hall–Kier alpha value is -3.66. The average molecular weight is 661 g/mol. The third-order valence-electron chi connectivity index (χ3n) is 10.3. The number of rotatable bonds is 11. The van der Waals surface area contributed by atoms with Crippen LogP contribution in [0.25, 0.3) is 11.1 Å². The minimum absolute atomic E-state index is 0.107. The summed E-state index contributed by atoms with van der Waals surface area (Å²) in [4.78, 5) is 28.6. The fraction of sp³-hybridized carbons (Fsp3) is 0.541. The Morgan fingerprint density at radius 3 is 2.36 bits per heavy atom. The van der Waals surface area contributed by atoms with Crippen LogP contribution in [0.2, 0.25) is 0 Å². The Kier molecular flexibility index (Phi) is 10.1. The number of sulfone groups is 1. The number of amides is 2. The molecule has 3 aromatic rings. The molecule has 3 fully saturated rings. The van der Waals surface area contributed by atoms with E-state index in [4.69, 9.17) is 4.74 Å². The summed E-state index contributed by atoms with van der Waals surface area (Å²) in [5, 5.41) is 7.46. The average Bonchev–Trinajstić information content (AvgIpc) is 3.79. The molecular weight excluding hydrogens is 612 g/mol. The Morgan fingerprint density at radius 2 is 1.70 bits per heavy atom. The molecule has 9 nitrogen and oxygen atoms in total. The first kappa shape index (κ1) is 33.2. The summed E-state index contributed by atoms with van der Waals surface area (Å²) < 4.78 is 30.6. The molecule has 3 aliphatic carbocycles. The minimum Gasteiger partial charge on any atom is -0.496 e. The number of aryl methyl sites for hydroxylation is 1. The summed E-state index contributed by atoms with van der Waals surface area (Å²) in [6.07, 6.45) is 14.4. The van der Waals surface area contributed by atoms with Crippen LogP contribution >= 0.6 is 0 Å². The molecule has 3 saturated carbocycles. The first-order valence-electron chi connectivity index (χ1n) is 17.1. The molecule has 1 aromatic heterocycles. The molecule has 0 unspecified atom stereocenters. The summed E-state index contributed by atoms with van der Waals surface area (Å²) in [6, 6.07) is 15.2. The van der Waals surface area contributed by atoms with Gasteiger partial charge in [0, 0.05) is 42.2 Å². The molecular formula is C37H48N4O5S. The number of carbonyl (C=O) groups excluding carboxylic acids is 2. The zero-order chi connectivity index (χ0) is 33.1. The fourth-order valence-corrected chi connectivity index (χ4v) is 8.07. The molecule has 0 atom stereocenters. The van der Waals surface area contributed by atoms with Gasteiger partial charge in [0.1, 0.15) is 11.5 Å². The van der Waals surface area contributed by atoms with E-state index in [9.17, 15) is 18.0 Å². The van der Waals surface area contributed by atoms with E-state index in [1.165, 1.54) is 18.4 Å². The van der Waals surface area contributed by atoms with Gasteiger partial charge in [-0.2, -0.15) is 5.10 Å². The van der Waals surface area contributed by atoms with E-state index in [-0.39, 0.29) is 17.9 Å². The smallest absolute Gasteiger partial charge is 0.235 e. The highest BCUT2D eigenvalue weighted by atomic mass is 32.2. The van der Waals surface area contributed by atoms with E-state index < -0.39 is 21.5 Å². The Morgan fingerprint density at radius 1 is 0.957 bits per heavy atom. The highest BCUT2D eigenvalue weighted by Crippen LogP contribution is 2.39. The van der Waals surface area contributed by atoms with Gasteiger partial charge in [0.05, 0.1) is 19.3 Å². The number of hydrogen-bond acceptors (Lipinski definition) is 6. The zero-order valence-corrected chi connectivity index (χ0v) is 28.7. The lowest BCUT2D eigenvalue weighted by molar-refractivity contribution is -0.123. The molecule has 2 aromatic carbocycles. The van der Waals surface area contributed by atoms with E-state index in [1.807, 2.05) is 17.2 Å². The zero-order valence-electron chi connectivity index (χ0n) is 27.9. The van der Waals surface area contributed by atoms with Crippen molar-refractivity contribution in [3.63, 3.8) is 0 Å². The lowest BCUT2D eigenvalue weighted by Gasteiger charge is -2.36. The number of hydrogen-bond donors (Lipinski definition) is 1. The summed E-state index contributed by atoms with van der Waals surface area (Å²) in [6.45, 7) is 2.78. The quantitative estimate of drug-likeness (QED) is 0.261. The summed E-state index contributed by atoms with van der Waals surface area (Å²) in [5.41, 5.74) is 5.57. The molecule has 1 heterocycles. The second kappa shape index (κ2) is 14.2. The van der Waals surface area contributed by atoms with E-state index in [2.05, 4.69) is 64.6 Å². The van der Waals surface area contributed by atoms with Gasteiger partial charge in [-0.25, -0.2) is 8.42 Å². The van der Waals surface area contributed by atoms with Crippen LogP contribution in [0.4, 0.5) is 5.69 Å². The number of nitrogens with one attached hydrogen (secondary N) is 1. The number of carbonyl (C=O) groups is 2. The monoisotopic (exact) mass is 660 g/mol. The van der Waals surface area contributed by atoms with E-state index in [0.29, 0.717) is 50.1 Å². The van der Waals surface area contributed by atoms with E-state index in [0.717, 1.165) is 60.1 Å². The number of nitrogens with zero attached hydrogens (tertiary/aromatic N) is 3. The van der Waals surface area contributed by atoms with Crippen molar-refractivity contribution in [2.45, 2.75) is 89.1 Å². The van der Waals surface area contributed by atoms with Crippen LogP contribution in [0, 0.1) is 18.8 Å². The standard InChI is InChI=1S/C37H48N4O5S/c1-25-19-30(13-18-35(25)46-2)27-9-7-26(8-10-27)22-40(34-6-4-5-29(20-34)31-21-38-41(23-31)33-16-17-33)37(43)28-11-14-32(15-12-28)39-36(42)24-47(3,44)45/h4-6,13,18-21,23,26-28,32-33H,7-12,14-17,22,24H2,1-3H3,(H,39,42). The van der Waals surface area contributed by atoms with Crippen molar-refractivity contribution in [1.82, 2.24) is 15.1 Å². The molecule has 0 bridgehead atoms. The summed E-state index contributed by atoms with van der Waals surface area (Å²) in [5.74, 6) is 0.871. The van der Waals surface area contributed by atoms with Crippen molar-refractivity contribution in [3.8, 4) is 16.9 Å². The summed E-state index contributed by atoms with van der Waals surface area (Å²) in [7, 11) is -1.67. The van der Waals surface area contributed by atoms with Crippen LogP contribution in [0.1, 0.15) is 87.3 Å². The lowest BCUT2D eigenvalue weighted by Crippen LogP contribution is -2.45. The summed E-state index contributed by atoms with van der Waals surface area (Å²) >= 11 is 0. The second-order valence-electron chi connectivity index (χ2n) is 14.1. The van der Waals surface area contributed by atoms with Crippen LogP contribution in [0.15, 0.2) is 54.9 Å². The predicted molar refractivity (Wildman–Crippen MR) is 184 cm³/mol. The van der Waals surface area contributed by atoms with Crippen LogP contribution in [-0.4, -0.2) is 61.7 Å². The van der Waals surface area contributed by atoms with Gasteiger partial charge in [-0.1, -0.05) is 24.3 Å². The molecule has 47 heavy (non-hydrogen) atoms. The normalized spacial score (nSPS) is 23.2. The van der Waals surface area contributed by atoms with Gasteiger partial charge in [-0.3, -0.25) is 14.3 Å². The minimum atomic E-state index is -3.39. The van der Waals surface area contributed by atoms with Crippen molar-refractivity contribution in [2.75, 3.05) is 30.6 Å². The molecule has 0 saturated heterocycles. The van der Waals surface area contributed by atoms with Gasteiger partial charge < -0.3 is 15.0 Å². The fourth-order valence-electron chi connectivity index (χ4n) is 7.51. The van der Waals surface area contributed by atoms with Crippen LogP contribution in [0.3, 0.4) is 0 Å². The predicted octanol–water partition coefficient (Wildman–Crippen LogP) is 6.23. The Labute approximate surface area is 279 Å². The second-order valence-corrected chi connectivity index (χ2v) is 16.2. The highest BCUT2D eigenvalue weighted by Gasteiger charge is 2.33.